The molecule has 0 radical (unpaired) electrons. The van der Waals surface area contributed by atoms with Crippen LogP contribution in [0.4, 0.5) is 0 Å². The van der Waals surface area contributed by atoms with Crippen LogP contribution in [-0.4, -0.2) is 34.8 Å². The summed E-state index contributed by atoms with van der Waals surface area (Å²) in [6.45, 7) is 6.36. The Labute approximate surface area is 90.2 Å². The van der Waals surface area contributed by atoms with E-state index in [9.17, 15) is 9.90 Å². The monoisotopic (exact) mass is 220 g/mol. The summed E-state index contributed by atoms with van der Waals surface area (Å²) in [5.74, 6) is 0.290. The second kappa shape index (κ2) is 8.12. The molecule has 1 N–H and O–H groups in total. The minimum absolute atomic E-state index is 0.108. The van der Waals surface area contributed by atoms with Crippen molar-refractivity contribution in [3.8, 4) is 0 Å². The van der Waals surface area contributed by atoms with Crippen molar-refractivity contribution in [3.63, 3.8) is 0 Å². The Morgan fingerprint density at radius 1 is 1.50 bits per heavy atom. The van der Waals surface area contributed by atoms with Gasteiger partial charge in [-0.3, -0.25) is 4.79 Å². The van der Waals surface area contributed by atoms with Gasteiger partial charge in [-0.05, 0) is 13.3 Å². The molecule has 0 spiro atoms. The van der Waals surface area contributed by atoms with Crippen LogP contribution in [0.25, 0.3) is 0 Å². The van der Waals surface area contributed by atoms with Crippen molar-refractivity contribution < 1.29 is 14.6 Å². The molecule has 0 aromatic carbocycles. The van der Waals surface area contributed by atoms with Crippen molar-refractivity contribution >= 4 is 17.7 Å². The van der Waals surface area contributed by atoms with Gasteiger partial charge in [0.15, 0.2) is 0 Å². The second-order valence-electron chi connectivity index (χ2n) is 3.22. The first kappa shape index (κ1) is 13.8. The molecule has 0 aromatic rings. The number of hydrogen-bond donors (Lipinski definition) is 1. The molecule has 0 aliphatic carbocycles. The summed E-state index contributed by atoms with van der Waals surface area (Å²) in [6.07, 6.45) is 0.613. The van der Waals surface area contributed by atoms with E-state index >= 15 is 0 Å². The molecule has 0 amide bonds. The zero-order valence-corrected chi connectivity index (χ0v) is 9.97. The molecule has 14 heavy (non-hydrogen) atoms. The summed E-state index contributed by atoms with van der Waals surface area (Å²) in [7, 11) is 0. The van der Waals surface area contributed by atoms with Crippen molar-refractivity contribution in [1.82, 2.24) is 0 Å². The van der Waals surface area contributed by atoms with Gasteiger partial charge in [0.1, 0.15) is 0 Å². The van der Waals surface area contributed by atoms with Crippen molar-refractivity contribution in [2.45, 2.75) is 45.0 Å². The van der Waals surface area contributed by atoms with Crippen LogP contribution >= 0.6 is 11.8 Å². The van der Waals surface area contributed by atoms with Crippen LogP contribution in [0.15, 0.2) is 0 Å². The Hall–Kier alpha value is -0.220. The summed E-state index contributed by atoms with van der Waals surface area (Å²) in [5.41, 5.74) is 0. The van der Waals surface area contributed by atoms with E-state index in [0.717, 1.165) is 6.42 Å². The van der Waals surface area contributed by atoms with Gasteiger partial charge in [0.05, 0.1) is 19.1 Å². The van der Waals surface area contributed by atoms with E-state index in [1.807, 2.05) is 0 Å². The zero-order valence-electron chi connectivity index (χ0n) is 9.16. The SMILES string of the molecule is CCOC(=O)CC(O)CSC(C)CC. The third-order valence-electron chi connectivity index (χ3n) is 1.86. The lowest BCUT2D eigenvalue weighted by atomic mass is 10.3. The van der Waals surface area contributed by atoms with E-state index in [4.69, 9.17) is 4.74 Å². The van der Waals surface area contributed by atoms with Gasteiger partial charge < -0.3 is 9.84 Å². The number of rotatable bonds is 7. The molecule has 0 aliphatic rings. The van der Waals surface area contributed by atoms with Crippen molar-refractivity contribution in [2.24, 2.45) is 0 Å². The molecule has 0 aliphatic heterocycles. The number of hydrogen-bond acceptors (Lipinski definition) is 4. The van der Waals surface area contributed by atoms with Crippen LogP contribution in [-0.2, 0) is 9.53 Å². The van der Waals surface area contributed by atoms with Crippen molar-refractivity contribution in [3.05, 3.63) is 0 Å². The lowest BCUT2D eigenvalue weighted by Crippen LogP contribution is -2.18. The molecule has 4 heteroatoms. The lowest BCUT2D eigenvalue weighted by Gasteiger charge is -2.12. The predicted molar refractivity (Wildman–Crippen MR) is 59.5 cm³/mol. The zero-order chi connectivity index (χ0) is 11.0. The average molecular weight is 220 g/mol. The standard InChI is InChI=1S/C10H20O3S/c1-4-8(3)14-7-9(11)6-10(12)13-5-2/h8-9,11H,4-7H2,1-3H3. The maximum atomic E-state index is 11.0. The lowest BCUT2D eigenvalue weighted by molar-refractivity contribution is -0.144. The minimum atomic E-state index is -0.576. The maximum Gasteiger partial charge on any atom is 0.308 e. The fourth-order valence-electron chi connectivity index (χ4n) is 0.864. The van der Waals surface area contributed by atoms with Crippen LogP contribution in [0.1, 0.15) is 33.6 Å². The first-order chi connectivity index (χ1) is 6.60. The van der Waals surface area contributed by atoms with Gasteiger partial charge in [-0.2, -0.15) is 11.8 Å². The van der Waals surface area contributed by atoms with Gasteiger partial charge in [0, 0.05) is 11.0 Å². The molecular formula is C10H20O3S. The Balaban J connectivity index is 3.54. The smallest absolute Gasteiger partial charge is 0.308 e. The van der Waals surface area contributed by atoms with E-state index in [1.54, 1.807) is 18.7 Å². The van der Waals surface area contributed by atoms with Gasteiger partial charge in [0.25, 0.3) is 0 Å². The summed E-state index contributed by atoms with van der Waals surface area (Å²) in [6, 6.07) is 0. The highest BCUT2D eigenvalue weighted by Crippen LogP contribution is 2.15. The Kier molecular flexibility index (Phi) is 7.99. The van der Waals surface area contributed by atoms with E-state index in [-0.39, 0.29) is 12.4 Å². The third kappa shape index (κ3) is 7.21. The Bertz CT molecular complexity index is 161. The topological polar surface area (TPSA) is 46.5 Å². The predicted octanol–water partition coefficient (Wildman–Crippen LogP) is 1.83. The molecular weight excluding hydrogens is 200 g/mol. The number of esters is 1. The van der Waals surface area contributed by atoms with Gasteiger partial charge >= 0.3 is 5.97 Å². The number of ether oxygens (including phenoxy) is 1. The van der Waals surface area contributed by atoms with Crippen molar-refractivity contribution in [2.75, 3.05) is 12.4 Å². The quantitative estimate of drug-likeness (QED) is 0.665. The molecule has 0 saturated heterocycles. The molecule has 0 saturated carbocycles. The van der Waals surface area contributed by atoms with E-state index in [2.05, 4.69) is 13.8 Å². The van der Waals surface area contributed by atoms with Gasteiger partial charge in [-0.15, -0.1) is 0 Å². The highest BCUT2D eigenvalue weighted by atomic mass is 32.2. The molecule has 0 fully saturated rings. The van der Waals surface area contributed by atoms with Gasteiger partial charge in [-0.1, -0.05) is 13.8 Å². The minimum Gasteiger partial charge on any atom is -0.466 e. The van der Waals surface area contributed by atoms with E-state index < -0.39 is 6.10 Å². The average Bonchev–Trinajstić information content (AvgIpc) is 2.14. The summed E-state index contributed by atoms with van der Waals surface area (Å²) >= 11 is 1.69. The Morgan fingerprint density at radius 2 is 2.14 bits per heavy atom. The van der Waals surface area contributed by atoms with Crippen LogP contribution in [0.5, 0.6) is 0 Å². The van der Waals surface area contributed by atoms with Crippen molar-refractivity contribution in [1.29, 1.82) is 0 Å². The van der Waals surface area contributed by atoms with Gasteiger partial charge in [-0.25, -0.2) is 0 Å². The van der Waals surface area contributed by atoms with Crippen LogP contribution in [0.3, 0.4) is 0 Å². The summed E-state index contributed by atoms with van der Waals surface area (Å²) < 4.78 is 4.74. The summed E-state index contributed by atoms with van der Waals surface area (Å²) in [4.78, 5) is 11.0. The normalized spacial score (nSPS) is 14.9. The summed E-state index contributed by atoms with van der Waals surface area (Å²) in [5, 5.41) is 10.0. The largest absolute Gasteiger partial charge is 0.466 e. The van der Waals surface area contributed by atoms with Crippen LogP contribution in [0.2, 0.25) is 0 Å². The third-order valence-corrected chi connectivity index (χ3v) is 3.34. The fraction of sp³-hybridized carbons (Fsp3) is 0.900. The number of thioether (sulfide) groups is 1. The highest BCUT2D eigenvalue weighted by Gasteiger charge is 2.12. The fourth-order valence-corrected chi connectivity index (χ4v) is 1.77. The molecule has 2 unspecified atom stereocenters. The molecule has 0 bridgehead atoms. The Morgan fingerprint density at radius 3 is 2.64 bits per heavy atom. The number of aliphatic hydroxyl groups excluding tert-OH is 1. The van der Waals surface area contributed by atoms with Crippen LogP contribution in [0, 0.1) is 0 Å². The molecule has 0 rings (SSSR count). The first-order valence-corrected chi connectivity index (χ1v) is 6.10. The van der Waals surface area contributed by atoms with E-state index in [1.165, 1.54) is 0 Å². The van der Waals surface area contributed by atoms with Gasteiger partial charge in [0.2, 0.25) is 0 Å². The highest BCUT2D eigenvalue weighted by molar-refractivity contribution is 7.99. The molecule has 0 aromatic heterocycles. The van der Waals surface area contributed by atoms with E-state index in [0.29, 0.717) is 17.6 Å². The van der Waals surface area contributed by atoms with Crippen LogP contribution < -0.4 is 0 Å². The second-order valence-corrected chi connectivity index (χ2v) is 4.69. The number of carbonyl (C=O) groups excluding carboxylic acids is 1. The molecule has 0 heterocycles. The first-order valence-electron chi connectivity index (χ1n) is 5.05. The molecule has 3 nitrogen and oxygen atoms in total. The number of carbonyl (C=O) groups is 1. The molecule has 2 atom stereocenters. The number of aliphatic hydroxyl groups is 1. The maximum absolute atomic E-state index is 11.0. The molecule has 84 valence electrons.